The number of aromatic nitrogens is 7. The molecule has 9 nitrogen and oxygen atoms in total. The molecule has 0 unspecified atom stereocenters. The number of hydrogen-bond donors (Lipinski definition) is 3. The van der Waals surface area contributed by atoms with Gasteiger partial charge in [0.05, 0.1) is 17.3 Å². The number of carbonyl (C=O) groups is 1. The zero-order valence-corrected chi connectivity index (χ0v) is 20.8. The summed E-state index contributed by atoms with van der Waals surface area (Å²) in [4.78, 5) is 33.8. The molecule has 0 aliphatic heterocycles. The number of fused-ring (bicyclic) bond motifs is 2. The van der Waals surface area contributed by atoms with Crippen LogP contribution in [0.3, 0.4) is 0 Å². The summed E-state index contributed by atoms with van der Waals surface area (Å²) in [7, 11) is 0. The molecule has 3 N–H and O–H groups in total. The lowest BCUT2D eigenvalue weighted by atomic mass is 10.1. The van der Waals surface area contributed by atoms with Gasteiger partial charge in [0.25, 0.3) is 5.91 Å². The quantitative estimate of drug-likeness (QED) is 0.252. The normalized spacial score (nSPS) is 11.2. The number of anilines is 1. The summed E-state index contributed by atoms with van der Waals surface area (Å²) in [5.41, 5.74) is 5.89. The molecular formula is C30H19FN8O. The van der Waals surface area contributed by atoms with Crippen LogP contribution in [0.2, 0.25) is 0 Å². The van der Waals surface area contributed by atoms with Crippen molar-refractivity contribution in [1.82, 2.24) is 35.1 Å². The van der Waals surface area contributed by atoms with Crippen LogP contribution < -0.4 is 5.32 Å². The Balaban J connectivity index is 1.26. The Kier molecular flexibility index (Phi) is 5.56. The maximum absolute atomic E-state index is 14.6. The van der Waals surface area contributed by atoms with E-state index in [1.807, 2.05) is 30.3 Å². The van der Waals surface area contributed by atoms with Gasteiger partial charge in [0.1, 0.15) is 17.0 Å². The molecule has 7 aromatic rings. The molecule has 0 atom stereocenters. The highest BCUT2D eigenvalue weighted by molar-refractivity contribution is 6.04. The Hall–Kier alpha value is -5.77. The third-order valence-electron chi connectivity index (χ3n) is 6.55. The molecule has 5 aromatic heterocycles. The van der Waals surface area contributed by atoms with Gasteiger partial charge in [0, 0.05) is 46.4 Å². The number of amides is 1. The molecule has 0 fully saturated rings. The number of imidazole rings is 1. The average molecular weight is 527 g/mol. The van der Waals surface area contributed by atoms with Gasteiger partial charge in [-0.15, -0.1) is 0 Å². The summed E-state index contributed by atoms with van der Waals surface area (Å²) in [5.74, 6) is -0.0913. The van der Waals surface area contributed by atoms with Crippen LogP contribution in [0.1, 0.15) is 10.4 Å². The van der Waals surface area contributed by atoms with Crippen molar-refractivity contribution in [3.8, 4) is 33.8 Å². The van der Waals surface area contributed by atoms with Gasteiger partial charge in [0.2, 0.25) is 0 Å². The summed E-state index contributed by atoms with van der Waals surface area (Å²) >= 11 is 0. The van der Waals surface area contributed by atoms with Gasteiger partial charge in [0.15, 0.2) is 17.1 Å². The summed E-state index contributed by atoms with van der Waals surface area (Å²) < 4.78 is 14.6. The lowest BCUT2D eigenvalue weighted by Gasteiger charge is -2.07. The van der Waals surface area contributed by atoms with Crippen molar-refractivity contribution in [2.45, 2.75) is 0 Å². The van der Waals surface area contributed by atoms with Crippen molar-refractivity contribution in [3.05, 3.63) is 109 Å². The number of benzene rings is 2. The molecule has 0 saturated carbocycles. The molecule has 0 spiro atoms. The highest BCUT2D eigenvalue weighted by Crippen LogP contribution is 2.33. The fourth-order valence-corrected chi connectivity index (χ4v) is 4.62. The van der Waals surface area contributed by atoms with E-state index in [1.54, 1.807) is 61.2 Å². The Morgan fingerprint density at radius 3 is 2.52 bits per heavy atom. The van der Waals surface area contributed by atoms with Crippen LogP contribution in [-0.2, 0) is 0 Å². The van der Waals surface area contributed by atoms with Crippen molar-refractivity contribution in [2.75, 3.05) is 5.32 Å². The third-order valence-corrected chi connectivity index (χ3v) is 6.55. The van der Waals surface area contributed by atoms with E-state index in [-0.39, 0.29) is 11.7 Å². The van der Waals surface area contributed by atoms with Crippen molar-refractivity contribution < 1.29 is 9.18 Å². The van der Waals surface area contributed by atoms with E-state index in [4.69, 9.17) is 4.98 Å². The Bertz CT molecular complexity index is 2030. The number of nitrogens with one attached hydrogen (secondary N) is 3. The number of pyridine rings is 3. The standard InChI is InChI=1S/C30H19FN8O/c31-24-9-5-4-8-21(24)22-10-11-33-28-25(22)36-29(37-28)26-23-13-19(15-34-27(23)39-38-26)18-12-20(16-32-14-18)35-30(40)17-6-2-1-3-7-17/h1-16H,(H,35,40)(H,33,36,37)(H,34,38,39). The molecule has 192 valence electrons. The van der Waals surface area contributed by atoms with Crippen molar-refractivity contribution in [2.24, 2.45) is 0 Å². The number of nitrogens with zero attached hydrogens (tertiary/aromatic N) is 5. The highest BCUT2D eigenvalue weighted by Gasteiger charge is 2.18. The van der Waals surface area contributed by atoms with Gasteiger partial charge in [-0.1, -0.05) is 36.4 Å². The van der Waals surface area contributed by atoms with E-state index in [2.05, 4.69) is 35.5 Å². The van der Waals surface area contributed by atoms with E-state index in [0.29, 0.717) is 50.7 Å². The molecule has 40 heavy (non-hydrogen) atoms. The summed E-state index contributed by atoms with van der Waals surface area (Å²) in [6.45, 7) is 0. The molecule has 0 aliphatic carbocycles. The molecule has 0 bridgehead atoms. The number of hydrogen-bond acceptors (Lipinski definition) is 6. The minimum absolute atomic E-state index is 0.224. The van der Waals surface area contributed by atoms with E-state index in [0.717, 1.165) is 16.5 Å². The maximum Gasteiger partial charge on any atom is 0.255 e. The first kappa shape index (κ1) is 23.4. The Morgan fingerprint density at radius 2 is 1.65 bits per heavy atom. The van der Waals surface area contributed by atoms with E-state index >= 15 is 0 Å². The number of halogens is 1. The summed E-state index contributed by atoms with van der Waals surface area (Å²) in [6, 6.07) is 21.0. The topological polar surface area (TPSA) is 125 Å². The van der Waals surface area contributed by atoms with Crippen LogP contribution in [0, 0.1) is 5.82 Å². The second kappa shape index (κ2) is 9.52. The van der Waals surface area contributed by atoms with Gasteiger partial charge in [-0.25, -0.2) is 19.3 Å². The van der Waals surface area contributed by atoms with Crippen molar-refractivity contribution in [1.29, 1.82) is 0 Å². The maximum atomic E-state index is 14.6. The monoisotopic (exact) mass is 526 g/mol. The van der Waals surface area contributed by atoms with E-state index in [1.165, 1.54) is 6.07 Å². The second-order valence-corrected chi connectivity index (χ2v) is 9.10. The minimum atomic E-state index is -0.339. The van der Waals surface area contributed by atoms with Gasteiger partial charge in [-0.2, -0.15) is 5.10 Å². The average Bonchev–Trinajstić information content (AvgIpc) is 3.62. The largest absolute Gasteiger partial charge is 0.321 e. The predicted molar refractivity (Wildman–Crippen MR) is 150 cm³/mol. The van der Waals surface area contributed by atoms with Gasteiger partial charge >= 0.3 is 0 Å². The smallest absolute Gasteiger partial charge is 0.255 e. The molecule has 7 rings (SSSR count). The number of carbonyl (C=O) groups excluding carboxylic acids is 1. The molecule has 10 heteroatoms. The Labute approximate surface area is 226 Å². The molecule has 1 amide bonds. The number of aromatic amines is 2. The lowest BCUT2D eigenvalue weighted by Crippen LogP contribution is -2.11. The van der Waals surface area contributed by atoms with Crippen LogP contribution in [0.4, 0.5) is 10.1 Å². The first-order chi connectivity index (χ1) is 19.6. The van der Waals surface area contributed by atoms with Crippen LogP contribution in [0.25, 0.3) is 56.0 Å². The zero-order valence-electron chi connectivity index (χ0n) is 20.8. The van der Waals surface area contributed by atoms with Crippen molar-refractivity contribution in [3.63, 3.8) is 0 Å². The van der Waals surface area contributed by atoms with Gasteiger partial charge in [-0.3, -0.25) is 14.9 Å². The minimum Gasteiger partial charge on any atom is -0.321 e. The van der Waals surface area contributed by atoms with Crippen molar-refractivity contribution >= 4 is 33.8 Å². The number of H-pyrrole nitrogens is 2. The van der Waals surface area contributed by atoms with Gasteiger partial charge < -0.3 is 10.3 Å². The predicted octanol–water partition coefficient (Wildman–Crippen LogP) is 6.02. The van der Waals surface area contributed by atoms with Gasteiger partial charge in [-0.05, 0) is 36.4 Å². The second-order valence-electron chi connectivity index (χ2n) is 9.10. The van der Waals surface area contributed by atoms with Crippen LogP contribution in [-0.4, -0.2) is 41.0 Å². The molecule has 2 aromatic carbocycles. The molecule has 0 radical (unpaired) electrons. The molecule has 0 aliphatic rings. The molecule has 0 saturated heterocycles. The first-order valence-corrected chi connectivity index (χ1v) is 12.4. The first-order valence-electron chi connectivity index (χ1n) is 12.4. The fourth-order valence-electron chi connectivity index (χ4n) is 4.62. The van der Waals surface area contributed by atoms with Crippen LogP contribution >= 0.6 is 0 Å². The summed E-state index contributed by atoms with van der Waals surface area (Å²) in [5, 5.41) is 11.0. The molecular weight excluding hydrogens is 507 g/mol. The van der Waals surface area contributed by atoms with E-state index < -0.39 is 0 Å². The summed E-state index contributed by atoms with van der Waals surface area (Å²) in [6.07, 6.45) is 6.62. The van der Waals surface area contributed by atoms with Crippen LogP contribution in [0.15, 0.2) is 97.6 Å². The SMILES string of the molecule is O=C(Nc1cncc(-c2cnc3[nH]nc(-c4nc5c(-c6ccccc6F)ccnc5[nH]4)c3c2)c1)c1ccccc1. The Morgan fingerprint density at radius 1 is 0.825 bits per heavy atom. The zero-order chi connectivity index (χ0) is 27.1. The van der Waals surface area contributed by atoms with Crippen LogP contribution in [0.5, 0.6) is 0 Å². The highest BCUT2D eigenvalue weighted by atomic mass is 19.1. The third kappa shape index (κ3) is 4.13. The lowest BCUT2D eigenvalue weighted by molar-refractivity contribution is 0.102. The fraction of sp³-hybridized carbons (Fsp3) is 0. The van der Waals surface area contributed by atoms with E-state index in [9.17, 15) is 9.18 Å². The number of rotatable bonds is 5. The molecule has 5 heterocycles.